The monoisotopic (exact) mass is 447 g/mol. The van der Waals surface area contributed by atoms with Gasteiger partial charge in [-0.25, -0.2) is 4.99 Å². The van der Waals surface area contributed by atoms with Crippen molar-refractivity contribution in [3.63, 3.8) is 0 Å². The van der Waals surface area contributed by atoms with Crippen LogP contribution in [0.3, 0.4) is 0 Å². The lowest BCUT2D eigenvalue weighted by molar-refractivity contribution is -0.131. The molecule has 6 nitrogen and oxygen atoms in total. The number of halogens is 2. The molecule has 0 spiro atoms. The molecule has 1 aliphatic heterocycles. The van der Waals surface area contributed by atoms with Gasteiger partial charge in [0.05, 0.1) is 28.2 Å². The predicted octanol–water partition coefficient (Wildman–Crippen LogP) is 3.74. The van der Waals surface area contributed by atoms with E-state index < -0.39 is 0 Å². The molecule has 1 saturated heterocycles. The highest BCUT2D eigenvalue weighted by Gasteiger charge is 2.26. The van der Waals surface area contributed by atoms with E-state index in [0.29, 0.717) is 15.7 Å². The Labute approximate surface area is 187 Å². The smallest absolute Gasteiger partial charge is 0.227 e. The van der Waals surface area contributed by atoms with Crippen LogP contribution in [0.4, 0.5) is 5.69 Å². The fourth-order valence-electron chi connectivity index (χ4n) is 3.73. The Bertz CT molecular complexity index is 923. The van der Waals surface area contributed by atoms with E-state index in [-0.39, 0.29) is 24.3 Å². The van der Waals surface area contributed by atoms with Crippen LogP contribution in [0.1, 0.15) is 30.0 Å². The number of likely N-dealkylation sites (tertiary alicyclic amines) is 1. The third-order valence-electron chi connectivity index (χ3n) is 5.34. The molecule has 30 heavy (non-hydrogen) atoms. The van der Waals surface area contributed by atoms with Gasteiger partial charge in [0.15, 0.2) is 5.96 Å². The summed E-state index contributed by atoms with van der Waals surface area (Å²) in [6.45, 7) is 2.84. The van der Waals surface area contributed by atoms with Crippen molar-refractivity contribution in [2.24, 2.45) is 16.5 Å². The first kappa shape index (κ1) is 22.4. The van der Waals surface area contributed by atoms with Gasteiger partial charge in [0, 0.05) is 13.6 Å². The Morgan fingerprint density at radius 3 is 2.53 bits per heavy atom. The number of nitrogens with two attached hydrogens (primary N) is 2. The lowest BCUT2D eigenvalue weighted by atomic mass is 10.0. The molecule has 1 aliphatic rings. The molecule has 2 aromatic rings. The second kappa shape index (κ2) is 10.2. The molecule has 0 saturated carbocycles. The topological polar surface area (TPSA) is 88.0 Å². The van der Waals surface area contributed by atoms with Crippen molar-refractivity contribution >= 4 is 40.8 Å². The zero-order chi connectivity index (χ0) is 21.7. The summed E-state index contributed by atoms with van der Waals surface area (Å²) in [5.74, 6) is 0.0112. The highest BCUT2D eigenvalue weighted by Crippen LogP contribution is 2.28. The molecule has 1 heterocycles. The maximum absolute atomic E-state index is 13.1. The first-order valence-corrected chi connectivity index (χ1v) is 10.7. The summed E-state index contributed by atoms with van der Waals surface area (Å²) in [7, 11) is 1.84. The largest absolute Gasteiger partial charge is 0.370 e. The number of nitrogens with zero attached hydrogens (tertiary/aromatic N) is 3. The van der Waals surface area contributed by atoms with Crippen molar-refractivity contribution in [3.8, 4) is 0 Å². The van der Waals surface area contributed by atoms with E-state index >= 15 is 0 Å². The Hall–Kier alpha value is -2.28. The number of guanidine groups is 1. The summed E-state index contributed by atoms with van der Waals surface area (Å²) in [5, 5.41) is 0.924. The highest BCUT2D eigenvalue weighted by molar-refractivity contribution is 6.42. The van der Waals surface area contributed by atoms with Crippen molar-refractivity contribution < 1.29 is 4.79 Å². The van der Waals surface area contributed by atoms with Gasteiger partial charge in [0.25, 0.3) is 0 Å². The van der Waals surface area contributed by atoms with Crippen LogP contribution in [0, 0.1) is 0 Å². The Morgan fingerprint density at radius 2 is 1.87 bits per heavy atom. The zero-order valence-corrected chi connectivity index (χ0v) is 18.5. The standard InChI is InChI=1S/C22H27Cl2N5O/c1-28(21(30)12-15-7-8-18(23)19(24)11-15)20(14-29-9-2-3-10-29)16-5-4-6-17(13-16)27-22(25)26/h4-8,11,13,20H,2-3,9-10,12,14H2,1H3,(H4,25,26,27)/t20-/m0/s1. The fraction of sp³-hybridized carbons (Fsp3) is 0.364. The quantitative estimate of drug-likeness (QED) is 0.499. The molecule has 0 bridgehead atoms. The number of benzene rings is 2. The van der Waals surface area contributed by atoms with Crippen LogP contribution in [-0.4, -0.2) is 48.3 Å². The Morgan fingerprint density at radius 1 is 1.13 bits per heavy atom. The van der Waals surface area contributed by atoms with Crippen LogP contribution in [0.5, 0.6) is 0 Å². The highest BCUT2D eigenvalue weighted by atomic mass is 35.5. The third kappa shape index (κ3) is 5.88. The van der Waals surface area contributed by atoms with E-state index in [4.69, 9.17) is 34.7 Å². The average molecular weight is 448 g/mol. The number of hydrogen-bond donors (Lipinski definition) is 2. The summed E-state index contributed by atoms with van der Waals surface area (Å²) < 4.78 is 0. The minimum atomic E-state index is -0.118. The van der Waals surface area contributed by atoms with Crippen LogP contribution in [0.25, 0.3) is 0 Å². The maximum Gasteiger partial charge on any atom is 0.227 e. The van der Waals surface area contributed by atoms with Crippen LogP contribution < -0.4 is 11.5 Å². The third-order valence-corrected chi connectivity index (χ3v) is 6.08. The summed E-state index contributed by atoms with van der Waals surface area (Å²) in [6.07, 6.45) is 2.61. The predicted molar refractivity (Wildman–Crippen MR) is 123 cm³/mol. The van der Waals surface area contributed by atoms with E-state index in [2.05, 4.69) is 9.89 Å². The van der Waals surface area contributed by atoms with E-state index in [1.807, 2.05) is 37.4 Å². The second-order valence-corrected chi connectivity index (χ2v) is 8.40. The molecule has 1 amide bonds. The van der Waals surface area contributed by atoms with Crippen molar-refractivity contribution in [3.05, 3.63) is 63.6 Å². The number of amides is 1. The van der Waals surface area contributed by atoms with Crippen LogP contribution >= 0.6 is 23.2 Å². The van der Waals surface area contributed by atoms with Crippen LogP contribution in [-0.2, 0) is 11.2 Å². The Kier molecular flexibility index (Phi) is 7.58. The molecule has 0 aromatic heterocycles. The number of aliphatic imine (C=N–C) groups is 1. The molecule has 1 atom stereocenters. The summed E-state index contributed by atoms with van der Waals surface area (Å²) in [4.78, 5) is 21.5. The molecular weight excluding hydrogens is 421 g/mol. The lowest BCUT2D eigenvalue weighted by Gasteiger charge is -2.32. The molecule has 2 aromatic carbocycles. The summed E-state index contributed by atoms with van der Waals surface area (Å²) in [6, 6.07) is 12.9. The molecule has 0 radical (unpaired) electrons. The molecule has 3 rings (SSSR count). The maximum atomic E-state index is 13.1. The van der Waals surface area contributed by atoms with Gasteiger partial charge in [-0.2, -0.15) is 0 Å². The van der Waals surface area contributed by atoms with Crippen LogP contribution in [0.2, 0.25) is 10.0 Å². The Balaban J connectivity index is 1.84. The first-order chi connectivity index (χ1) is 14.3. The second-order valence-electron chi connectivity index (χ2n) is 7.59. The van der Waals surface area contributed by atoms with Crippen LogP contribution in [0.15, 0.2) is 47.5 Å². The fourth-order valence-corrected chi connectivity index (χ4v) is 4.06. The average Bonchev–Trinajstić information content (AvgIpc) is 3.21. The van der Waals surface area contributed by atoms with Gasteiger partial charge in [0.2, 0.25) is 5.91 Å². The van der Waals surface area contributed by atoms with Gasteiger partial charge in [-0.1, -0.05) is 41.4 Å². The lowest BCUT2D eigenvalue weighted by Crippen LogP contribution is -2.39. The molecule has 1 fully saturated rings. The van der Waals surface area contributed by atoms with Gasteiger partial charge in [-0.15, -0.1) is 0 Å². The van der Waals surface area contributed by atoms with E-state index in [0.717, 1.165) is 30.8 Å². The number of likely N-dealkylation sites (N-methyl/N-ethyl adjacent to an activating group) is 1. The number of hydrogen-bond acceptors (Lipinski definition) is 3. The van der Waals surface area contributed by atoms with E-state index in [9.17, 15) is 4.79 Å². The van der Waals surface area contributed by atoms with Gasteiger partial charge < -0.3 is 21.3 Å². The van der Waals surface area contributed by atoms with Gasteiger partial charge in [0.1, 0.15) is 0 Å². The molecule has 0 aliphatic carbocycles. The number of carbonyl (C=O) groups excluding carboxylic acids is 1. The van der Waals surface area contributed by atoms with Crippen molar-refractivity contribution in [1.29, 1.82) is 0 Å². The number of rotatable bonds is 7. The van der Waals surface area contributed by atoms with Gasteiger partial charge in [-0.3, -0.25) is 4.79 Å². The van der Waals surface area contributed by atoms with Gasteiger partial charge in [-0.05, 0) is 61.3 Å². The van der Waals surface area contributed by atoms with Crippen molar-refractivity contribution in [2.45, 2.75) is 25.3 Å². The van der Waals surface area contributed by atoms with E-state index in [1.165, 1.54) is 12.8 Å². The molecule has 4 N–H and O–H groups in total. The minimum Gasteiger partial charge on any atom is -0.370 e. The summed E-state index contributed by atoms with van der Waals surface area (Å²) >= 11 is 12.1. The van der Waals surface area contributed by atoms with Gasteiger partial charge >= 0.3 is 0 Å². The molecule has 0 unspecified atom stereocenters. The molecule has 160 valence electrons. The van der Waals surface area contributed by atoms with Crippen molar-refractivity contribution in [1.82, 2.24) is 9.80 Å². The SMILES string of the molecule is CN(C(=O)Cc1ccc(Cl)c(Cl)c1)[C@@H](CN1CCCC1)c1cccc(N=C(N)N)c1. The minimum absolute atomic E-state index is 0.00447. The first-order valence-electron chi connectivity index (χ1n) is 9.95. The summed E-state index contributed by atoms with van der Waals surface area (Å²) in [5.41, 5.74) is 13.6. The molecule has 8 heteroatoms. The zero-order valence-electron chi connectivity index (χ0n) is 17.0. The number of carbonyl (C=O) groups is 1. The van der Waals surface area contributed by atoms with E-state index in [1.54, 1.807) is 17.0 Å². The molecular formula is C22H27Cl2N5O. The normalized spacial score (nSPS) is 15.0. The van der Waals surface area contributed by atoms with Crippen molar-refractivity contribution in [2.75, 3.05) is 26.7 Å².